The summed E-state index contributed by atoms with van der Waals surface area (Å²) < 4.78 is 13.4. The minimum absolute atomic E-state index is 0.0790. The molecule has 2 aromatic rings. The zero-order chi connectivity index (χ0) is 19.0. The Kier molecular flexibility index (Phi) is 4.62. The second-order valence-corrected chi connectivity index (χ2v) is 8.27. The molecule has 0 saturated carbocycles. The number of anilines is 1. The maximum Gasteiger partial charge on any atom is 0.227 e. The molecule has 0 aliphatic carbocycles. The Balaban J connectivity index is 1.58. The summed E-state index contributed by atoms with van der Waals surface area (Å²) in [6.45, 7) is 5.25. The SMILES string of the molecule is CC1(C)C[C@H]2[C@H](CCCN2C(=O)Cc2cccnc2)N1c1ccc(F)cc1. The Labute approximate surface area is 160 Å². The largest absolute Gasteiger partial charge is 0.361 e. The van der Waals surface area contributed by atoms with Gasteiger partial charge in [0.25, 0.3) is 0 Å². The first-order chi connectivity index (χ1) is 13.0. The molecule has 0 radical (unpaired) electrons. The maximum absolute atomic E-state index is 13.4. The van der Waals surface area contributed by atoms with E-state index in [4.69, 9.17) is 0 Å². The third-order valence-corrected chi connectivity index (χ3v) is 5.94. The lowest BCUT2D eigenvalue weighted by Crippen LogP contribution is -2.53. The number of pyridine rings is 1. The number of benzene rings is 1. The molecule has 2 atom stereocenters. The summed E-state index contributed by atoms with van der Waals surface area (Å²) in [6.07, 6.45) is 6.87. The molecule has 27 heavy (non-hydrogen) atoms. The molecule has 4 rings (SSSR count). The molecular formula is C22H26FN3O. The van der Waals surface area contributed by atoms with Crippen molar-refractivity contribution in [2.45, 2.75) is 57.2 Å². The molecule has 0 spiro atoms. The van der Waals surface area contributed by atoms with Crippen molar-refractivity contribution in [1.82, 2.24) is 9.88 Å². The molecule has 1 aromatic heterocycles. The number of halogens is 1. The summed E-state index contributed by atoms with van der Waals surface area (Å²) in [4.78, 5) is 21.6. The lowest BCUT2D eigenvalue weighted by molar-refractivity contribution is -0.134. The quantitative estimate of drug-likeness (QED) is 0.828. The van der Waals surface area contributed by atoms with Crippen molar-refractivity contribution in [1.29, 1.82) is 0 Å². The van der Waals surface area contributed by atoms with E-state index in [-0.39, 0.29) is 29.3 Å². The zero-order valence-corrected chi connectivity index (χ0v) is 15.9. The lowest BCUT2D eigenvalue weighted by atomic mass is 9.93. The monoisotopic (exact) mass is 367 g/mol. The normalized spacial score (nSPS) is 24.0. The van der Waals surface area contributed by atoms with Crippen molar-refractivity contribution in [2.75, 3.05) is 11.4 Å². The topological polar surface area (TPSA) is 36.4 Å². The molecule has 4 nitrogen and oxygen atoms in total. The number of piperidine rings is 1. The van der Waals surface area contributed by atoms with E-state index in [9.17, 15) is 9.18 Å². The van der Waals surface area contributed by atoms with E-state index in [1.165, 1.54) is 12.1 Å². The van der Waals surface area contributed by atoms with Gasteiger partial charge in [0.1, 0.15) is 5.82 Å². The number of carbonyl (C=O) groups excluding carboxylic acids is 1. The van der Waals surface area contributed by atoms with E-state index in [0.717, 1.165) is 37.1 Å². The van der Waals surface area contributed by atoms with Crippen LogP contribution >= 0.6 is 0 Å². The summed E-state index contributed by atoms with van der Waals surface area (Å²) in [6, 6.07) is 11.1. The molecule has 2 aliphatic rings. The average molecular weight is 367 g/mol. The summed E-state index contributed by atoms with van der Waals surface area (Å²) in [5, 5.41) is 0. The van der Waals surface area contributed by atoms with E-state index >= 15 is 0 Å². The molecule has 2 aliphatic heterocycles. The molecule has 1 aromatic carbocycles. The van der Waals surface area contributed by atoms with Gasteiger partial charge in [0, 0.05) is 30.2 Å². The first kappa shape index (κ1) is 18.0. The van der Waals surface area contributed by atoms with Gasteiger partial charge >= 0.3 is 0 Å². The van der Waals surface area contributed by atoms with Gasteiger partial charge in [-0.15, -0.1) is 0 Å². The third-order valence-electron chi connectivity index (χ3n) is 5.94. The highest BCUT2D eigenvalue weighted by Crippen LogP contribution is 2.43. The van der Waals surface area contributed by atoms with Crippen LogP contribution in [0.15, 0.2) is 48.8 Å². The number of likely N-dealkylation sites (tertiary alicyclic amines) is 1. The fourth-order valence-electron chi connectivity index (χ4n) is 4.87. The minimum Gasteiger partial charge on any atom is -0.361 e. The number of hydrogen-bond donors (Lipinski definition) is 0. The predicted molar refractivity (Wildman–Crippen MR) is 104 cm³/mol. The van der Waals surface area contributed by atoms with Gasteiger partial charge < -0.3 is 9.80 Å². The van der Waals surface area contributed by atoms with Crippen LogP contribution in [0.4, 0.5) is 10.1 Å². The summed E-state index contributed by atoms with van der Waals surface area (Å²) >= 11 is 0. The van der Waals surface area contributed by atoms with Crippen LogP contribution in [-0.2, 0) is 11.2 Å². The van der Waals surface area contributed by atoms with Gasteiger partial charge in [-0.1, -0.05) is 6.07 Å². The molecule has 0 unspecified atom stereocenters. The molecule has 2 fully saturated rings. The Morgan fingerprint density at radius 2 is 2.00 bits per heavy atom. The lowest BCUT2D eigenvalue weighted by Gasteiger charge is -2.42. The Hall–Kier alpha value is -2.43. The van der Waals surface area contributed by atoms with Gasteiger partial charge in [-0.05, 0) is 69.0 Å². The van der Waals surface area contributed by atoms with Crippen molar-refractivity contribution in [3.63, 3.8) is 0 Å². The highest BCUT2D eigenvalue weighted by Gasteiger charge is 2.50. The van der Waals surface area contributed by atoms with Gasteiger partial charge in [0.05, 0.1) is 18.5 Å². The zero-order valence-electron chi connectivity index (χ0n) is 15.9. The van der Waals surface area contributed by atoms with E-state index < -0.39 is 0 Å². The number of aromatic nitrogens is 1. The Morgan fingerprint density at radius 1 is 1.22 bits per heavy atom. The highest BCUT2D eigenvalue weighted by atomic mass is 19.1. The number of carbonyl (C=O) groups is 1. The van der Waals surface area contributed by atoms with Gasteiger partial charge in [-0.25, -0.2) is 4.39 Å². The number of nitrogens with zero attached hydrogens (tertiary/aromatic N) is 3. The molecule has 2 saturated heterocycles. The highest BCUT2D eigenvalue weighted by molar-refractivity contribution is 5.79. The second-order valence-electron chi connectivity index (χ2n) is 8.27. The van der Waals surface area contributed by atoms with E-state index in [2.05, 4.69) is 28.6 Å². The van der Waals surface area contributed by atoms with Crippen LogP contribution in [0.1, 0.15) is 38.7 Å². The number of rotatable bonds is 3. The summed E-state index contributed by atoms with van der Waals surface area (Å²) in [7, 11) is 0. The molecule has 142 valence electrons. The second kappa shape index (κ2) is 6.95. The fourth-order valence-corrected chi connectivity index (χ4v) is 4.87. The molecular weight excluding hydrogens is 341 g/mol. The molecule has 5 heteroatoms. The van der Waals surface area contributed by atoms with Crippen molar-refractivity contribution in [3.8, 4) is 0 Å². The van der Waals surface area contributed by atoms with Gasteiger partial charge in [0.2, 0.25) is 5.91 Å². The third kappa shape index (κ3) is 3.43. The standard InChI is InChI=1S/C22H26FN3O/c1-22(2)14-20-19(26(22)18-9-7-17(23)8-10-18)6-4-12-25(20)21(27)13-16-5-3-11-24-15-16/h3,5,7-11,15,19-20H,4,6,12-14H2,1-2H3/t19-,20-/m0/s1. The van der Waals surface area contributed by atoms with Gasteiger partial charge in [-0.3, -0.25) is 9.78 Å². The fraction of sp³-hybridized carbons (Fsp3) is 0.455. The first-order valence-corrected chi connectivity index (χ1v) is 9.69. The van der Waals surface area contributed by atoms with Crippen molar-refractivity contribution >= 4 is 11.6 Å². The Morgan fingerprint density at radius 3 is 2.70 bits per heavy atom. The van der Waals surface area contributed by atoms with Crippen LogP contribution in [0.2, 0.25) is 0 Å². The van der Waals surface area contributed by atoms with Crippen molar-refractivity contribution in [3.05, 3.63) is 60.2 Å². The number of amides is 1. The van der Waals surface area contributed by atoms with Crippen LogP contribution < -0.4 is 4.90 Å². The average Bonchev–Trinajstić information content (AvgIpc) is 2.93. The maximum atomic E-state index is 13.4. The van der Waals surface area contributed by atoms with Crippen LogP contribution in [0.3, 0.4) is 0 Å². The predicted octanol–water partition coefficient (Wildman–Crippen LogP) is 3.81. The molecule has 0 N–H and O–H groups in total. The van der Waals surface area contributed by atoms with Crippen LogP contribution in [-0.4, -0.2) is 40.0 Å². The minimum atomic E-state index is -0.218. The number of hydrogen-bond acceptors (Lipinski definition) is 3. The number of fused-ring (bicyclic) bond motifs is 1. The molecule has 0 bridgehead atoms. The van der Waals surface area contributed by atoms with Gasteiger partial charge in [-0.2, -0.15) is 0 Å². The molecule has 1 amide bonds. The Bertz CT molecular complexity index is 806. The van der Waals surface area contributed by atoms with Crippen LogP contribution in [0.5, 0.6) is 0 Å². The summed E-state index contributed by atoms with van der Waals surface area (Å²) in [5.74, 6) is -0.0429. The van der Waals surface area contributed by atoms with Gasteiger partial charge in [0.15, 0.2) is 0 Å². The summed E-state index contributed by atoms with van der Waals surface area (Å²) in [5.41, 5.74) is 1.91. The van der Waals surface area contributed by atoms with Crippen LogP contribution in [0.25, 0.3) is 0 Å². The van der Waals surface area contributed by atoms with E-state index in [1.54, 1.807) is 12.4 Å². The van der Waals surface area contributed by atoms with Crippen molar-refractivity contribution in [2.24, 2.45) is 0 Å². The molecule has 3 heterocycles. The van der Waals surface area contributed by atoms with E-state index in [1.807, 2.05) is 24.3 Å². The van der Waals surface area contributed by atoms with E-state index in [0.29, 0.717) is 6.42 Å². The smallest absolute Gasteiger partial charge is 0.227 e. The first-order valence-electron chi connectivity index (χ1n) is 9.69. The van der Waals surface area contributed by atoms with Crippen molar-refractivity contribution < 1.29 is 9.18 Å². The van der Waals surface area contributed by atoms with Crippen LogP contribution in [0, 0.1) is 5.82 Å².